The molecule has 55 heavy (non-hydrogen) atoms. The highest BCUT2D eigenvalue weighted by Crippen LogP contribution is 2.27. The molecule has 9 nitrogen and oxygen atoms in total. The van der Waals surface area contributed by atoms with Crippen LogP contribution in [0.1, 0.15) is 114 Å². The molecule has 312 valence electrons. The Balaban J connectivity index is 1.77. The average Bonchev–Trinajstić information content (AvgIpc) is 3.07. The fourth-order valence-corrected chi connectivity index (χ4v) is 19.3. The number of hydrogen-bond donors (Lipinski definition) is 2. The maximum Gasteiger partial charge on any atom is 0.412 e. The summed E-state index contributed by atoms with van der Waals surface area (Å²) in [6, 6.07) is 14.2. The van der Waals surface area contributed by atoms with Gasteiger partial charge in [0.25, 0.3) is 0 Å². The molecule has 2 rings (SSSR count). The standard InChI is InChI=1S/C43H76N2O7Si3/c1-11-12-13-14-15-16-17-18-19-22-25-40(35-49-39-29-26-36(2)27-30-39)50-43(47)45-41-31-28-38(34-37(41)3)44-42(46)48-32-23-20-21-24-33-55(10,51-53(4,5)6)52-54(7,8)9/h26-31,34,40H,11-25,32-33,35H2,1-10H3,(H,44,46)(H,45,47). The smallest absolute Gasteiger partial charge is 0.412 e. The van der Waals surface area contributed by atoms with E-state index < -0.39 is 37.4 Å². The number of aryl methyl sites for hydroxylation is 2. The molecule has 2 N–H and O–H groups in total. The van der Waals surface area contributed by atoms with Gasteiger partial charge in [0, 0.05) is 11.4 Å². The second kappa shape index (κ2) is 25.6. The van der Waals surface area contributed by atoms with Crippen molar-refractivity contribution in [2.75, 3.05) is 23.8 Å². The van der Waals surface area contributed by atoms with Crippen LogP contribution in [0, 0.1) is 13.8 Å². The number of amides is 2. The number of rotatable bonds is 28. The van der Waals surface area contributed by atoms with E-state index in [9.17, 15) is 9.59 Å². The fourth-order valence-electron chi connectivity index (χ4n) is 6.67. The molecule has 0 spiro atoms. The van der Waals surface area contributed by atoms with E-state index in [-0.39, 0.29) is 6.10 Å². The van der Waals surface area contributed by atoms with E-state index in [2.05, 4.69) is 63.4 Å². The Bertz CT molecular complexity index is 1360. The maximum absolute atomic E-state index is 13.1. The summed E-state index contributed by atoms with van der Waals surface area (Å²) >= 11 is 0. The highest BCUT2D eigenvalue weighted by Gasteiger charge is 2.39. The Morgan fingerprint density at radius 2 is 1.22 bits per heavy atom. The number of ether oxygens (including phenoxy) is 3. The predicted molar refractivity (Wildman–Crippen MR) is 237 cm³/mol. The van der Waals surface area contributed by atoms with E-state index in [0.717, 1.165) is 67.9 Å². The fraction of sp³-hybridized carbons (Fsp3) is 0.674. The van der Waals surface area contributed by atoms with E-state index in [1.54, 1.807) is 12.1 Å². The maximum atomic E-state index is 13.1. The molecule has 2 aromatic carbocycles. The molecule has 2 aromatic rings. The van der Waals surface area contributed by atoms with Crippen LogP contribution >= 0.6 is 0 Å². The lowest BCUT2D eigenvalue weighted by molar-refractivity contribution is 0.0678. The van der Waals surface area contributed by atoms with Crippen LogP contribution in [0.3, 0.4) is 0 Å². The summed E-state index contributed by atoms with van der Waals surface area (Å²) in [5.74, 6) is 0.760. The van der Waals surface area contributed by atoms with Crippen molar-refractivity contribution < 1.29 is 32.0 Å². The highest BCUT2D eigenvalue weighted by atomic mass is 28.5. The Morgan fingerprint density at radius 1 is 0.655 bits per heavy atom. The van der Waals surface area contributed by atoms with Crippen LogP contribution < -0.4 is 15.4 Å². The van der Waals surface area contributed by atoms with Crippen LogP contribution in [0.15, 0.2) is 42.5 Å². The van der Waals surface area contributed by atoms with Gasteiger partial charge in [-0.2, -0.15) is 0 Å². The summed E-state index contributed by atoms with van der Waals surface area (Å²) in [5.41, 5.74) is 3.17. The van der Waals surface area contributed by atoms with Crippen molar-refractivity contribution in [2.45, 2.75) is 175 Å². The summed E-state index contributed by atoms with van der Waals surface area (Å²) in [6.07, 6.45) is 15.7. The third-order valence-corrected chi connectivity index (χ3v) is 18.7. The third-order valence-electron chi connectivity index (χ3n) is 9.12. The lowest BCUT2D eigenvalue weighted by Crippen LogP contribution is -2.52. The predicted octanol–water partition coefficient (Wildman–Crippen LogP) is 13.5. The van der Waals surface area contributed by atoms with E-state index in [1.807, 2.05) is 44.2 Å². The average molecular weight is 817 g/mol. The number of benzene rings is 2. The summed E-state index contributed by atoms with van der Waals surface area (Å²) in [6.45, 7) is 22.5. The molecule has 2 amide bonds. The lowest BCUT2D eigenvalue weighted by Gasteiger charge is -2.38. The van der Waals surface area contributed by atoms with Gasteiger partial charge >= 0.3 is 20.7 Å². The molecule has 0 aliphatic heterocycles. The van der Waals surface area contributed by atoms with Gasteiger partial charge in [0.1, 0.15) is 18.5 Å². The monoisotopic (exact) mass is 816 g/mol. The van der Waals surface area contributed by atoms with Gasteiger partial charge in [-0.1, -0.05) is 102 Å². The van der Waals surface area contributed by atoms with Gasteiger partial charge in [-0.15, -0.1) is 0 Å². The molecule has 0 saturated heterocycles. The first-order chi connectivity index (χ1) is 26.0. The van der Waals surface area contributed by atoms with Crippen LogP contribution in [-0.4, -0.2) is 56.7 Å². The zero-order valence-electron chi connectivity index (χ0n) is 36.2. The number of unbranched alkanes of at least 4 members (excludes halogenated alkanes) is 12. The molecular formula is C43H76N2O7Si3. The number of carbonyl (C=O) groups is 2. The van der Waals surface area contributed by atoms with Gasteiger partial charge in [-0.05, 0) is 121 Å². The quantitative estimate of drug-likeness (QED) is 0.0651. The summed E-state index contributed by atoms with van der Waals surface area (Å²) in [4.78, 5) is 25.6. The first kappa shape index (κ1) is 48.5. The Hall–Kier alpha value is -2.65. The van der Waals surface area contributed by atoms with Crippen LogP contribution in [0.4, 0.5) is 21.0 Å². The first-order valence-corrected chi connectivity index (χ1v) is 30.4. The molecule has 0 aliphatic rings. The topological polar surface area (TPSA) is 104 Å². The molecule has 0 aliphatic carbocycles. The molecule has 1 unspecified atom stereocenters. The SMILES string of the molecule is CCCCCCCCCCCCC(COc1ccc(C)cc1)OC(=O)Nc1ccc(NC(=O)OCCCCCC[Si](C)(O[Si](C)(C)C)O[Si](C)(C)C)cc1C. The van der Waals surface area contributed by atoms with Gasteiger partial charge in [0.15, 0.2) is 16.6 Å². The Kier molecular flexibility index (Phi) is 22.5. The molecule has 0 radical (unpaired) electrons. The van der Waals surface area contributed by atoms with Crippen LogP contribution in [-0.2, 0) is 17.7 Å². The molecule has 0 aromatic heterocycles. The largest absolute Gasteiger partial charge is 0.490 e. The molecule has 0 fully saturated rings. The number of carbonyl (C=O) groups excluding carboxylic acids is 2. The van der Waals surface area contributed by atoms with Gasteiger partial charge in [-0.25, -0.2) is 9.59 Å². The van der Waals surface area contributed by atoms with Crippen molar-refractivity contribution in [3.8, 4) is 5.75 Å². The van der Waals surface area contributed by atoms with Gasteiger partial charge in [-0.3, -0.25) is 10.6 Å². The molecule has 12 heteroatoms. The van der Waals surface area contributed by atoms with Gasteiger partial charge < -0.3 is 22.4 Å². The van der Waals surface area contributed by atoms with E-state index in [1.165, 1.54) is 51.4 Å². The minimum absolute atomic E-state index is 0.292. The summed E-state index contributed by atoms with van der Waals surface area (Å²) < 4.78 is 30.6. The summed E-state index contributed by atoms with van der Waals surface area (Å²) in [7, 11) is -5.61. The first-order valence-electron chi connectivity index (χ1n) is 21.1. The number of anilines is 2. The third kappa shape index (κ3) is 23.9. The molecule has 0 bridgehead atoms. The van der Waals surface area contributed by atoms with Crippen molar-refractivity contribution in [1.82, 2.24) is 0 Å². The van der Waals surface area contributed by atoms with Gasteiger partial charge in [0.2, 0.25) is 0 Å². The van der Waals surface area contributed by atoms with Crippen molar-refractivity contribution in [3.05, 3.63) is 53.6 Å². The van der Waals surface area contributed by atoms with Crippen LogP contribution in [0.25, 0.3) is 0 Å². The summed E-state index contributed by atoms with van der Waals surface area (Å²) in [5, 5.41) is 5.69. The number of nitrogens with one attached hydrogen (secondary N) is 2. The second-order valence-electron chi connectivity index (χ2n) is 17.3. The van der Waals surface area contributed by atoms with Crippen molar-refractivity contribution in [3.63, 3.8) is 0 Å². The van der Waals surface area contributed by atoms with Gasteiger partial charge in [0.05, 0.1) is 6.61 Å². The van der Waals surface area contributed by atoms with E-state index in [0.29, 0.717) is 24.6 Å². The van der Waals surface area contributed by atoms with Crippen LogP contribution in [0.2, 0.25) is 51.9 Å². The van der Waals surface area contributed by atoms with Crippen LogP contribution in [0.5, 0.6) is 5.75 Å². The van der Waals surface area contributed by atoms with E-state index >= 15 is 0 Å². The Morgan fingerprint density at radius 3 is 1.80 bits per heavy atom. The Labute approximate surface area is 337 Å². The zero-order chi connectivity index (χ0) is 40.7. The molecule has 0 saturated carbocycles. The number of hydrogen-bond acceptors (Lipinski definition) is 7. The second-order valence-corrected chi connectivity index (χ2v) is 30.1. The minimum atomic E-state index is -2.21. The molecule has 1 atom stereocenters. The minimum Gasteiger partial charge on any atom is -0.490 e. The lowest BCUT2D eigenvalue weighted by atomic mass is 10.0. The van der Waals surface area contributed by atoms with Crippen molar-refractivity contribution in [2.24, 2.45) is 0 Å². The highest BCUT2D eigenvalue weighted by molar-refractivity contribution is 6.87. The normalized spacial score (nSPS) is 12.6. The van der Waals surface area contributed by atoms with Crippen molar-refractivity contribution >= 4 is 48.8 Å². The molecule has 0 heterocycles. The zero-order valence-corrected chi connectivity index (χ0v) is 39.2. The van der Waals surface area contributed by atoms with E-state index in [4.69, 9.17) is 22.4 Å². The van der Waals surface area contributed by atoms with Crippen molar-refractivity contribution in [1.29, 1.82) is 0 Å². The molecular weight excluding hydrogens is 741 g/mol.